The standard InChI is InChI=1S/C15H18ClNO3S/c16-11-5-3-10(4-6-11)13-8-14(13)15(18)17-12-2-1-7-21(19,20)9-12/h3-6,12-14H,1-2,7-9H2,(H,17,18)/t12-,13+,14+/m0/s1. The number of amides is 1. The molecule has 1 N–H and O–H groups in total. The lowest BCUT2D eigenvalue weighted by molar-refractivity contribution is -0.123. The first-order valence-corrected chi connectivity index (χ1v) is 9.41. The van der Waals surface area contributed by atoms with E-state index in [4.69, 9.17) is 11.6 Å². The fourth-order valence-electron chi connectivity index (χ4n) is 3.01. The summed E-state index contributed by atoms with van der Waals surface area (Å²) < 4.78 is 23.2. The lowest BCUT2D eigenvalue weighted by atomic mass is 10.1. The van der Waals surface area contributed by atoms with Crippen LogP contribution < -0.4 is 5.32 Å². The molecule has 0 bridgehead atoms. The number of carbonyl (C=O) groups excluding carboxylic acids is 1. The van der Waals surface area contributed by atoms with Crippen molar-refractivity contribution in [3.05, 3.63) is 34.9 Å². The molecule has 1 amide bonds. The summed E-state index contributed by atoms with van der Waals surface area (Å²) >= 11 is 5.86. The first kappa shape index (κ1) is 14.9. The van der Waals surface area contributed by atoms with E-state index in [1.165, 1.54) is 0 Å². The van der Waals surface area contributed by atoms with Crippen LogP contribution in [0.15, 0.2) is 24.3 Å². The number of halogens is 1. The quantitative estimate of drug-likeness (QED) is 0.925. The van der Waals surface area contributed by atoms with Crippen LogP contribution in [0.1, 0.15) is 30.7 Å². The minimum Gasteiger partial charge on any atom is -0.352 e. The molecule has 1 aromatic rings. The number of rotatable bonds is 3. The molecule has 0 radical (unpaired) electrons. The maximum atomic E-state index is 12.2. The van der Waals surface area contributed by atoms with Gasteiger partial charge in [-0.2, -0.15) is 0 Å². The minimum absolute atomic E-state index is 0.0166. The van der Waals surface area contributed by atoms with Crippen molar-refractivity contribution in [1.29, 1.82) is 0 Å². The number of hydrogen-bond acceptors (Lipinski definition) is 3. The molecule has 3 rings (SSSR count). The van der Waals surface area contributed by atoms with Gasteiger partial charge in [0.25, 0.3) is 0 Å². The lowest BCUT2D eigenvalue weighted by Gasteiger charge is -2.23. The normalized spacial score (nSPS) is 30.6. The second kappa shape index (κ2) is 5.61. The molecule has 114 valence electrons. The van der Waals surface area contributed by atoms with Gasteiger partial charge in [-0.3, -0.25) is 4.79 Å². The van der Waals surface area contributed by atoms with Gasteiger partial charge in [-0.05, 0) is 42.9 Å². The summed E-state index contributed by atoms with van der Waals surface area (Å²) in [5.74, 6) is 0.517. The largest absolute Gasteiger partial charge is 0.352 e. The predicted octanol–water partition coefficient (Wildman–Crippen LogP) is 2.14. The molecule has 1 saturated carbocycles. The van der Waals surface area contributed by atoms with Gasteiger partial charge in [0.05, 0.1) is 11.5 Å². The van der Waals surface area contributed by atoms with Crippen LogP contribution in [0, 0.1) is 5.92 Å². The van der Waals surface area contributed by atoms with Gasteiger partial charge in [-0.25, -0.2) is 8.42 Å². The van der Waals surface area contributed by atoms with Crippen molar-refractivity contribution in [2.75, 3.05) is 11.5 Å². The van der Waals surface area contributed by atoms with Gasteiger partial charge in [0.2, 0.25) is 5.91 Å². The average molecular weight is 328 g/mol. The van der Waals surface area contributed by atoms with Crippen molar-refractivity contribution in [2.24, 2.45) is 5.92 Å². The minimum atomic E-state index is -2.98. The zero-order chi connectivity index (χ0) is 15.0. The van der Waals surface area contributed by atoms with Gasteiger partial charge in [-0.1, -0.05) is 23.7 Å². The zero-order valence-electron chi connectivity index (χ0n) is 11.6. The number of nitrogens with one attached hydrogen (secondary N) is 1. The third-order valence-corrected chi connectivity index (χ3v) is 6.31. The molecule has 0 spiro atoms. The Labute approximate surface area is 129 Å². The molecule has 4 nitrogen and oxygen atoms in total. The molecule has 1 aromatic carbocycles. The Bertz CT molecular complexity index is 641. The van der Waals surface area contributed by atoms with Crippen molar-refractivity contribution in [1.82, 2.24) is 5.32 Å². The molecular formula is C15H18ClNO3S. The lowest BCUT2D eigenvalue weighted by Crippen LogP contribution is -2.43. The maximum Gasteiger partial charge on any atom is 0.223 e. The van der Waals surface area contributed by atoms with E-state index >= 15 is 0 Å². The van der Waals surface area contributed by atoms with E-state index in [0.717, 1.165) is 18.4 Å². The Morgan fingerprint density at radius 3 is 2.62 bits per heavy atom. The molecule has 0 aromatic heterocycles. The average Bonchev–Trinajstić information content (AvgIpc) is 3.18. The summed E-state index contributed by atoms with van der Waals surface area (Å²) in [5.41, 5.74) is 1.12. The van der Waals surface area contributed by atoms with Crippen LogP contribution in [0.5, 0.6) is 0 Å². The van der Waals surface area contributed by atoms with Crippen LogP contribution in [0.3, 0.4) is 0 Å². The third kappa shape index (κ3) is 3.58. The van der Waals surface area contributed by atoms with Crippen molar-refractivity contribution >= 4 is 27.3 Å². The molecule has 21 heavy (non-hydrogen) atoms. The van der Waals surface area contributed by atoms with Gasteiger partial charge < -0.3 is 5.32 Å². The molecule has 6 heteroatoms. The number of benzene rings is 1. The van der Waals surface area contributed by atoms with Crippen LogP contribution in [-0.2, 0) is 14.6 Å². The summed E-state index contributed by atoms with van der Waals surface area (Å²) in [6, 6.07) is 7.34. The Hall–Kier alpha value is -1.07. The third-order valence-electron chi connectivity index (χ3n) is 4.23. The van der Waals surface area contributed by atoms with E-state index in [0.29, 0.717) is 11.4 Å². The van der Waals surface area contributed by atoms with E-state index in [1.807, 2.05) is 24.3 Å². The Morgan fingerprint density at radius 2 is 1.95 bits per heavy atom. The first-order valence-electron chi connectivity index (χ1n) is 7.21. The molecule has 2 fully saturated rings. The Kier molecular flexibility index (Phi) is 3.97. The highest BCUT2D eigenvalue weighted by molar-refractivity contribution is 7.91. The second-order valence-corrected chi connectivity index (χ2v) is 8.63. The topological polar surface area (TPSA) is 63.2 Å². The molecule has 1 aliphatic heterocycles. The van der Waals surface area contributed by atoms with Crippen molar-refractivity contribution in [3.8, 4) is 0 Å². The SMILES string of the molecule is O=C(N[C@H]1CCCS(=O)(=O)C1)[C@@H]1C[C@@H]1c1ccc(Cl)cc1. The van der Waals surface area contributed by atoms with Gasteiger partial charge in [0.15, 0.2) is 9.84 Å². The monoisotopic (exact) mass is 327 g/mol. The summed E-state index contributed by atoms with van der Waals surface area (Å²) in [7, 11) is -2.98. The Morgan fingerprint density at radius 1 is 1.24 bits per heavy atom. The number of hydrogen-bond donors (Lipinski definition) is 1. The fraction of sp³-hybridized carbons (Fsp3) is 0.533. The molecule has 0 unspecified atom stereocenters. The van der Waals surface area contributed by atoms with Gasteiger partial charge in [0, 0.05) is 17.0 Å². The smallest absolute Gasteiger partial charge is 0.223 e. The molecular weight excluding hydrogens is 310 g/mol. The van der Waals surface area contributed by atoms with Crippen LogP contribution in [0.2, 0.25) is 5.02 Å². The van der Waals surface area contributed by atoms with E-state index in [-0.39, 0.29) is 35.3 Å². The van der Waals surface area contributed by atoms with Crippen LogP contribution in [0.25, 0.3) is 0 Å². The second-order valence-electron chi connectivity index (χ2n) is 5.96. The molecule has 1 saturated heterocycles. The first-order chi connectivity index (χ1) is 9.94. The number of carbonyl (C=O) groups is 1. The van der Waals surface area contributed by atoms with E-state index in [1.54, 1.807) is 0 Å². The zero-order valence-corrected chi connectivity index (χ0v) is 13.2. The van der Waals surface area contributed by atoms with Crippen molar-refractivity contribution in [2.45, 2.75) is 31.2 Å². The predicted molar refractivity (Wildman–Crippen MR) is 82.1 cm³/mol. The van der Waals surface area contributed by atoms with Crippen LogP contribution in [0.4, 0.5) is 0 Å². The highest BCUT2D eigenvalue weighted by Gasteiger charge is 2.44. The van der Waals surface area contributed by atoms with Crippen molar-refractivity contribution in [3.63, 3.8) is 0 Å². The summed E-state index contributed by atoms with van der Waals surface area (Å²) in [4.78, 5) is 12.2. The van der Waals surface area contributed by atoms with E-state index in [9.17, 15) is 13.2 Å². The van der Waals surface area contributed by atoms with Crippen molar-refractivity contribution < 1.29 is 13.2 Å². The Balaban J connectivity index is 1.57. The van der Waals surface area contributed by atoms with E-state index < -0.39 is 9.84 Å². The van der Waals surface area contributed by atoms with Gasteiger partial charge in [0.1, 0.15) is 0 Å². The highest BCUT2D eigenvalue weighted by Crippen LogP contribution is 2.47. The van der Waals surface area contributed by atoms with Crippen LogP contribution in [-0.4, -0.2) is 31.9 Å². The highest BCUT2D eigenvalue weighted by atomic mass is 35.5. The van der Waals surface area contributed by atoms with E-state index in [2.05, 4.69) is 5.32 Å². The molecule has 3 atom stereocenters. The molecule has 2 aliphatic rings. The molecule has 1 aliphatic carbocycles. The maximum absolute atomic E-state index is 12.2. The summed E-state index contributed by atoms with van der Waals surface area (Å²) in [6.07, 6.45) is 2.22. The summed E-state index contributed by atoms with van der Waals surface area (Å²) in [6.45, 7) is 0. The van der Waals surface area contributed by atoms with Gasteiger partial charge >= 0.3 is 0 Å². The molecule has 1 heterocycles. The number of sulfone groups is 1. The fourth-order valence-corrected chi connectivity index (χ4v) is 4.77. The van der Waals surface area contributed by atoms with Gasteiger partial charge in [-0.15, -0.1) is 0 Å². The van der Waals surface area contributed by atoms with Crippen LogP contribution >= 0.6 is 11.6 Å². The summed E-state index contributed by atoms with van der Waals surface area (Å²) in [5, 5.41) is 3.59.